The fraction of sp³-hybridized carbons (Fsp3) is 0.667. The minimum atomic E-state index is -4.42. The Hall–Kier alpha value is -1.30. The van der Waals surface area contributed by atoms with Gasteiger partial charge in [0.1, 0.15) is 11.5 Å². The summed E-state index contributed by atoms with van der Waals surface area (Å²) < 4.78 is 38.3. The van der Waals surface area contributed by atoms with Crippen LogP contribution in [0.15, 0.2) is 18.2 Å². The van der Waals surface area contributed by atoms with E-state index in [1.807, 2.05) is 4.90 Å². The monoisotopic (exact) mass is 300 g/mol. The third kappa shape index (κ3) is 2.73. The molecule has 2 atom stereocenters. The van der Waals surface area contributed by atoms with Crippen LogP contribution >= 0.6 is 0 Å². The lowest BCUT2D eigenvalue weighted by atomic mass is 9.77. The van der Waals surface area contributed by atoms with E-state index in [1.54, 1.807) is 6.07 Å². The summed E-state index contributed by atoms with van der Waals surface area (Å²) in [7, 11) is 0. The molecule has 21 heavy (non-hydrogen) atoms. The average Bonchev–Trinajstić information content (AvgIpc) is 2.79. The first kappa shape index (κ1) is 14.6. The van der Waals surface area contributed by atoms with Crippen molar-refractivity contribution >= 4 is 5.82 Å². The number of piperidine rings is 1. The van der Waals surface area contributed by atoms with Crippen LogP contribution in [0.4, 0.5) is 19.0 Å². The maximum absolute atomic E-state index is 12.8. The molecule has 1 aliphatic heterocycles. The molecule has 0 radical (unpaired) electrons. The van der Waals surface area contributed by atoms with E-state index >= 15 is 0 Å². The maximum Gasteiger partial charge on any atom is 0.433 e. The molecule has 1 aliphatic carbocycles. The third-order valence-electron chi connectivity index (χ3n) is 4.82. The van der Waals surface area contributed by atoms with Crippen LogP contribution in [0.25, 0.3) is 0 Å². The molecular weight excluding hydrogens is 281 g/mol. The molecule has 1 spiro atoms. The highest BCUT2D eigenvalue weighted by Crippen LogP contribution is 2.45. The van der Waals surface area contributed by atoms with Crippen molar-refractivity contribution in [3.8, 4) is 0 Å². The number of aliphatic hydroxyl groups excluding tert-OH is 1. The van der Waals surface area contributed by atoms with Crippen molar-refractivity contribution in [1.29, 1.82) is 0 Å². The highest BCUT2D eigenvalue weighted by atomic mass is 19.4. The fourth-order valence-electron chi connectivity index (χ4n) is 3.71. The van der Waals surface area contributed by atoms with Gasteiger partial charge in [-0.1, -0.05) is 12.5 Å². The SMILES string of the molecule is O[C@@H]1CCC[C@@]12CCCN(c1cccc(C(F)(F)F)n1)C2. The molecule has 116 valence electrons. The van der Waals surface area contributed by atoms with Gasteiger partial charge < -0.3 is 10.0 Å². The second-order valence-electron chi connectivity index (χ2n) is 6.17. The largest absolute Gasteiger partial charge is 0.433 e. The second kappa shape index (κ2) is 5.16. The molecule has 0 aromatic carbocycles. The van der Waals surface area contributed by atoms with Crippen LogP contribution in [0, 0.1) is 5.41 Å². The van der Waals surface area contributed by atoms with E-state index in [9.17, 15) is 18.3 Å². The first-order valence-electron chi connectivity index (χ1n) is 7.38. The molecule has 6 heteroatoms. The smallest absolute Gasteiger partial charge is 0.392 e. The Morgan fingerprint density at radius 2 is 2.00 bits per heavy atom. The summed E-state index contributed by atoms with van der Waals surface area (Å²) in [5.41, 5.74) is -1.01. The average molecular weight is 300 g/mol. The van der Waals surface area contributed by atoms with Crippen LogP contribution < -0.4 is 4.90 Å². The molecule has 1 saturated carbocycles. The molecule has 0 unspecified atom stereocenters. The van der Waals surface area contributed by atoms with Crippen molar-refractivity contribution in [1.82, 2.24) is 4.98 Å². The molecule has 0 amide bonds. The zero-order valence-electron chi connectivity index (χ0n) is 11.7. The van der Waals surface area contributed by atoms with Crippen molar-refractivity contribution in [2.45, 2.75) is 44.4 Å². The van der Waals surface area contributed by atoms with Gasteiger partial charge in [-0.2, -0.15) is 13.2 Å². The lowest BCUT2D eigenvalue weighted by molar-refractivity contribution is -0.141. The Morgan fingerprint density at radius 1 is 1.24 bits per heavy atom. The lowest BCUT2D eigenvalue weighted by Crippen LogP contribution is -2.47. The lowest BCUT2D eigenvalue weighted by Gasteiger charge is -2.43. The standard InChI is InChI=1S/C15H19F3N2O/c16-15(17,18)11-4-1-6-13(19-11)20-9-3-8-14(10-20)7-2-5-12(14)21/h1,4,6,12,21H,2-3,5,7-10H2/t12-,14+/m1/s1. The van der Waals surface area contributed by atoms with E-state index in [-0.39, 0.29) is 11.5 Å². The zero-order valence-corrected chi connectivity index (χ0v) is 11.7. The Balaban J connectivity index is 1.84. The van der Waals surface area contributed by atoms with Crippen molar-refractivity contribution in [2.75, 3.05) is 18.0 Å². The molecule has 0 bridgehead atoms. The van der Waals surface area contributed by atoms with Gasteiger partial charge in [-0.05, 0) is 37.8 Å². The van der Waals surface area contributed by atoms with Crippen LogP contribution in [0.1, 0.15) is 37.8 Å². The van der Waals surface area contributed by atoms with Crippen molar-refractivity contribution < 1.29 is 18.3 Å². The quantitative estimate of drug-likeness (QED) is 0.865. The number of pyridine rings is 1. The first-order chi connectivity index (χ1) is 9.91. The predicted molar refractivity (Wildman–Crippen MR) is 73.0 cm³/mol. The van der Waals surface area contributed by atoms with E-state index in [1.165, 1.54) is 6.07 Å². The zero-order chi connectivity index (χ0) is 15.1. The number of hydrogen-bond acceptors (Lipinski definition) is 3. The molecule has 3 nitrogen and oxygen atoms in total. The van der Waals surface area contributed by atoms with Gasteiger partial charge in [0.05, 0.1) is 6.10 Å². The van der Waals surface area contributed by atoms with E-state index in [2.05, 4.69) is 4.98 Å². The summed E-state index contributed by atoms with van der Waals surface area (Å²) in [4.78, 5) is 5.66. The number of halogens is 3. The fourth-order valence-corrected chi connectivity index (χ4v) is 3.71. The number of aliphatic hydroxyl groups is 1. The minimum absolute atomic E-state index is 0.159. The molecule has 2 fully saturated rings. The van der Waals surface area contributed by atoms with Gasteiger partial charge in [0.2, 0.25) is 0 Å². The highest BCUT2D eigenvalue weighted by molar-refractivity contribution is 5.41. The van der Waals surface area contributed by atoms with E-state index in [4.69, 9.17) is 0 Å². The van der Waals surface area contributed by atoms with Crippen LogP contribution in [-0.4, -0.2) is 29.3 Å². The van der Waals surface area contributed by atoms with Gasteiger partial charge in [0, 0.05) is 18.5 Å². The van der Waals surface area contributed by atoms with Gasteiger partial charge in [-0.25, -0.2) is 4.98 Å². The summed E-state index contributed by atoms with van der Waals surface area (Å²) in [6, 6.07) is 4.01. The Kier molecular flexibility index (Phi) is 3.59. The molecule has 2 aliphatic rings. The number of aromatic nitrogens is 1. The van der Waals surface area contributed by atoms with Crippen LogP contribution in [0.5, 0.6) is 0 Å². The van der Waals surface area contributed by atoms with E-state index in [0.717, 1.165) is 38.2 Å². The van der Waals surface area contributed by atoms with E-state index < -0.39 is 11.9 Å². The van der Waals surface area contributed by atoms with Crippen LogP contribution in [0.3, 0.4) is 0 Å². The summed E-state index contributed by atoms with van der Waals surface area (Å²) in [5, 5.41) is 10.2. The highest BCUT2D eigenvalue weighted by Gasteiger charge is 2.45. The normalized spacial score (nSPS) is 30.1. The number of rotatable bonds is 1. The predicted octanol–water partition coefficient (Wildman–Crippen LogP) is 3.23. The summed E-state index contributed by atoms with van der Waals surface area (Å²) in [6.07, 6.45) is -0.195. The minimum Gasteiger partial charge on any atom is -0.392 e. The number of nitrogens with zero attached hydrogens (tertiary/aromatic N) is 2. The molecule has 1 aromatic rings. The molecule has 1 N–H and O–H groups in total. The number of alkyl halides is 3. The van der Waals surface area contributed by atoms with Gasteiger partial charge in [0.15, 0.2) is 0 Å². The van der Waals surface area contributed by atoms with Crippen molar-refractivity contribution in [2.24, 2.45) is 5.41 Å². The molecule has 1 saturated heterocycles. The van der Waals surface area contributed by atoms with Gasteiger partial charge in [0.25, 0.3) is 0 Å². The molecule has 1 aromatic heterocycles. The van der Waals surface area contributed by atoms with Gasteiger partial charge in [-0.15, -0.1) is 0 Å². The maximum atomic E-state index is 12.8. The van der Waals surface area contributed by atoms with E-state index in [0.29, 0.717) is 18.9 Å². The third-order valence-corrected chi connectivity index (χ3v) is 4.82. The topological polar surface area (TPSA) is 36.4 Å². The van der Waals surface area contributed by atoms with Gasteiger partial charge >= 0.3 is 6.18 Å². The van der Waals surface area contributed by atoms with Crippen molar-refractivity contribution in [3.63, 3.8) is 0 Å². The van der Waals surface area contributed by atoms with Gasteiger partial charge in [-0.3, -0.25) is 0 Å². The van der Waals surface area contributed by atoms with Crippen LogP contribution in [-0.2, 0) is 6.18 Å². The number of anilines is 1. The first-order valence-corrected chi connectivity index (χ1v) is 7.38. The van der Waals surface area contributed by atoms with Crippen LogP contribution in [0.2, 0.25) is 0 Å². The molecule has 2 heterocycles. The summed E-state index contributed by atoms with van der Waals surface area (Å²) >= 11 is 0. The molecular formula is C15H19F3N2O. The Morgan fingerprint density at radius 3 is 2.67 bits per heavy atom. The second-order valence-corrected chi connectivity index (χ2v) is 6.17. The summed E-state index contributed by atoms with van der Waals surface area (Å²) in [6.45, 7) is 1.30. The Labute approximate surface area is 121 Å². The number of hydrogen-bond donors (Lipinski definition) is 1. The van der Waals surface area contributed by atoms with Crippen molar-refractivity contribution in [3.05, 3.63) is 23.9 Å². The summed E-state index contributed by atoms with van der Waals surface area (Å²) in [5.74, 6) is 0.364. The molecule has 3 rings (SSSR count). The Bertz CT molecular complexity index is 520.